The molecule has 0 atom stereocenters. The van der Waals surface area contributed by atoms with E-state index in [9.17, 15) is 8.42 Å². The zero-order chi connectivity index (χ0) is 13.3. The van der Waals surface area contributed by atoms with Gasteiger partial charge in [-0.1, -0.05) is 0 Å². The molecule has 0 aromatic carbocycles. The van der Waals surface area contributed by atoms with Crippen molar-refractivity contribution in [1.29, 1.82) is 0 Å². The molecule has 2 N–H and O–H groups in total. The van der Waals surface area contributed by atoms with Gasteiger partial charge in [0, 0.05) is 13.2 Å². The molecular weight excluding hydrogens is 258 g/mol. The summed E-state index contributed by atoms with van der Waals surface area (Å²) in [6.07, 6.45) is 1.55. The average Bonchev–Trinajstić information content (AvgIpc) is 2.70. The summed E-state index contributed by atoms with van der Waals surface area (Å²) in [6, 6.07) is 3.38. The minimum Gasteiger partial charge on any atom is -0.480 e. The van der Waals surface area contributed by atoms with Crippen LogP contribution in [0.4, 0.5) is 0 Å². The number of sulfonamides is 1. The van der Waals surface area contributed by atoms with Gasteiger partial charge in [0.25, 0.3) is 15.2 Å². The van der Waals surface area contributed by atoms with Crippen LogP contribution in [0.5, 0.6) is 5.88 Å². The topological polar surface area (TPSA) is 113 Å². The first kappa shape index (κ1) is 12.5. The highest BCUT2D eigenvalue weighted by Crippen LogP contribution is 2.26. The van der Waals surface area contributed by atoms with E-state index >= 15 is 0 Å². The molecule has 96 valence electrons. The first-order valence-corrected chi connectivity index (χ1v) is 6.41. The van der Waals surface area contributed by atoms with Gasteiger partial charge in [0.1, 0.15) is 0 Å². The van der Waals surface area contributed by atoms with E-state index in [0.717, 1.165) is 0 Å². The van der Waals surface area contributed by atoms with Crippen molar-refractivity contribution in [3.8, 4) is 17.3 Å². The summed E-state index contributed by atoms with van der Waals surface area (Å²) in [5.41, 5.74) is 0.532. The monoisotopic (exact) mass is 269 g/mol. The molecule has 0 fully saturated rings. The van der Waals surface area contributed by atoms with Gasteiger partial charge in [-0.15, -0.1) is 10.2 Å². The summed E-state index contributed by atoms with van der Waals surface area (Å²) >= 11 is 0. The van der Waals surface area contributed by atoms with Crippen molar-refractivity contribution in [1.82, 2.24) is 19.7 Å². The summed E-state index contributed by atoms with van der Waals surface area (Å²) < 4.78 is 28.9. The predicted octanol–water partition coefficient (Wildman–Crippen LogP) is -0.467. The number of methoxy groups -OCH3 is 1. The average molecular weight is 269 g/mol. The Hall–Kier alpha value is -2.00. The normalized spacial score (nSPS) is 11.5. The van der Waals surface area contributed by atoms with E-state index < -0.39 is 10.0 Å². The van der Waals surface area contributed by atoms with Crippen LogP contribution in [0.3, 0.4) is 0 Å². The molecule has 0 unspecified atom stereocenters. The van der Waals surface area contributed by atoms with Crippen LogP contribution in [0.25, 0.3) is 11.4 Å². The van der Waals surface area contributed by atoms with E-state index in [0.29, 0.717) is 17.3 Å². The standard InChI is InChI=1S/C9H11N5O3S/c1-14-7(12-13-9(14)18(10,15)16)6-4-3-5-11-8(6)17-2/h3-5H,1-2H3,(H2,10,15,16). The lowest BCUT2D eigenvalue weighted by Gasteiger charge is -2.06. The third kappa shape index (κ3) is 2.05. The molecule has 2 rings (SSSR count). The largest absolute Gasteiger partial charge is 0.480 e. The third-order valence-corrected chi connectivity index (χ3v) is 3.16. The number of hydrogen-bond donors (Lipinski definition) is 1. The molecule has 0 aliphatic rings. The maximum absolute atomic E-state index is 11.3. The highest BCUT2D eigenvalue weighted by atomic mass is 32.2. The van der Waals surface area contributed by atoms with Gasteiger partial charge in [-0.2, -0.15) is 0 Å². The highest BCUT2D eigenvalue weighted by Gasteiger charge is 2.21. The van der Waals surface area contributed by atoms with E-state index in [1.807, 2.05) is 0 Å². The van der Waals surface area contributed by atoms with Gasteiger partial charge in [-0.3, -0.25) is 4.57 Å². The molecule has 9 heteroatoms. The summed E-state index contributed by atoms with van der Waals surface area (Å²) in [5, 5.41) is 12.1. The van der Waals surface area contributed by atoms with Crippen molar-refractivity contribution in [2.75, 3.05) is 7.11 Å². The molecule has 0 aliphatic heterocycles. The van der Waals surface area contributed by atoms with Crippen LogP contribution in [0, 0.1) is 0 Å². The van der Waals surface area contributed by atoms with E-state index in [4.69, 9.17) is 9.88 Å². The number of rotatable bonds is 3. The van der Waals surface area contributed by atoms with Gasteiger partial charge in [-0.05, 0) is 12.1 Å². The minimum atomic E-state index is -3.91. The summed E-state index contributed by atoms with van der Waals surface area (Å²) in [5.74, 6) is 0.637. The maximum Gasteiger partial charge on any atom is 0.273 e. The Balaban J connectivity index is 2.63. The van der Waals surface area contributed by atoms with Gasteiger partial charge in [0.05, 0.1) is 12.7 Å². The number of pyridine rings is 1. The number of nitrogens with two attached hydrogens (primary N) is 1. The highest BCUT2D eigenvalue weighted by molar-refractivity contribution is 7.89. The van der Waals surface area contributed by atoms with E-state index in [1.165, 1.54) is 18.7 Å². The molecule has 2 aromatic rings. The van der Waals surface area contributed by atoms with Crippen LogP contribution < -0.4 is 9.88 Å². The molecule has 0 spiro atoms. The van der Waals surface area contributed by atoms with Crippen LogP contribution in [-0.4, -0.2) is 35.3 Å². The lowest BCUT2D eigenvalue weighted by molar-refractivity contribution is 0.399. The summed E-state index contributed by atoms with van der Waals surface area (Å²) in [4.78, 5) is 4.00. The molecule has 0 saturated carbocycles. The van der Waals surface area contributed by atoms with Crippen molar-refractivity contribution in [2.45, 2.75) is 5.16 Å². The number of primary sulfonamides is 1. The first-order valence-electron chi connectivity index (χ1n) is 4.86. The second-order valence-electron chi connectivity index (χ2n) is 3.47. The van der Waals surface area contributed by atoms with Gasteiger partial charge in [-0.25, -0.2) is 18.5 Å². The minimum absolute atomic E-state index is 0.309. The fourth-order valence-electron chi connectivity index (χ4n) is 1.52. The van der Waals surface area contributed by atoms with Crippen molar-refractivity contribution < 1.29 is 13.2 Å². The summed E-state index contributed by atoms with van der Waals surface area (Å²) in [7, 11) is -0.949. The third-order valence-electron chi connectivity index (χ3n) is 2.29. The molecule has 2 heterocycles. The Morgan fingerprint density at radius 1 is 1.39 bits per heavy atom. The Labute approximate surface area is 103 Å². The Bertz CT molecular complexity index is 679. The number of ether oxygens (including phenoxy) is 1. The van der Waals surface area contributed by atoms with E-state index in [-0.39, 0.29) is 5.16 Å². The fraction of sp³-hybridized carbons (Fsp3) is 0.222. The Morgan fingerprint density at radius 3 is 2.67 bits per heavy atom. The second kappa shape index (κ2) is 4.35. The number of nitrogens with zero attached hydrogens (tertiary/aromatic N) is 4. The maximum atomic E-state index is 11.3. The lowest BCUT2D eigenvalue weighted by atomic mass is 10.2. The number of hydrogen-bond acceptors (Lipinski definition) is 6. The fourth-order valence-corrected chi connectivity index (χ4v) is 2.14. The van der Waals surface area contributed by atoms with Gasteiger partial charge < -0.3 is 4.74 Å². The summed E-state index contributed by atoms with van der Waals surface area (Å²) in [6.45, 7) is 0. The van der Waals surface area contributed by atoms with Crippen LogP contribution in [0.15, 0.2) is 23.5 Å². The molecule has 8 nitrogen and oxygen atoms in total. The van der Waals surface area contributed by atoms with Crippen LogP contribution in [0.2, 0.25) is 0 Å². The molecular formula is C9H11N5O3S. The molecule has 0 aliphatic carbocycles. The number of aromatic nitrogens is 4. The molecule has 0 amide bonds. The zero-order valence-electron chi connectivity index (χ0n) is 9.73. The van der Waals surface area contributed by atoms with Gasteiger partial charge in [0.15, 0.2) is 5.82 Å². The van der Waals surface area contributed by atoms with Gasteiger partial charge >= 0.3 is 0 Å². The van der Waals surface area contributed by atoms with Gasteiger partial charge in [0.2, 0.25) is 5.88 Å². The predicted molar refractivity (Wildman–Crippen MR) is 62.2 cm³/mol. The van der Waals surface area contributed by atoms with Crippen LogP contribution in [0.1, 0.15) is 0 Å². The Morgan fingerprint density at radius 2 is 2.11 bits per heavy atom. The second-order valence-corrected chi connectivity index (χ2v) is 4.93. The van der Waals surface area contributed by atoms with E-state index in [1.54, 1.807) is 18.3 Å². The van der Waals surface area contributed by atoms with Crippen molar-refractivity contribution in [3.63, 3.8) is 0 Å². The van der Waals surface area contributed by atoms with E-state index in [2.05, 4.69) is 15.2 Å². The zero-order valence-corrected chi connectivity index (χ0v) is 10.5. The SMILES string of the molecule is COc1ncccc1-c1nnc(S(N)(=O)=O)n1C. The first-order chi connectivity index (χ1) is 8.45. The molecule has 0 saturated heterocycles. The quantitative estimate of drug-likeness (QED) is 0.806. The van der Waals surface area contributed by atoms with Crippen LogP contribution in [-0.2, 0) is 17.1 Å². The smallest absolute Gasteiger partial charge is 0.273 e. The van der Waals surface area contributed by atoms with Crippen molar-refractivity contribution >= 4 is 10.0 Å². The lowest BCUT2D eigenvalue weighted by Crippen LogP contribution is -2.17. The Kier molecular flexibility index (Phi) is 3.01. The molecule has 0 bridgehead atoms. The molecule has 0 radical (unpaired) electrons. The molecule has 18 heavy (non-hydrogen) atoms. The van der Waals surface area contributed by atoms with Crippen molar-refractivity contribution in [3.05, 3.63) is 18.3 Å². The van der Waals surface area contributed by atoms with Crippen molar-refractivity contribution in [2.24, 2.45) is 12.2 Å². The van der Waals surface area contributed by atoms with Crippen LogP contribution >= 0.6 is 0 Å². The molecule has 2 aromatic heterocycles.